The highest BCUT2D eigenvalue weighted by Gasteiger charge is 2.18. The van der Waals surface area contributed by atoms with Crippen LogP contribution in [0, 0.1) is 10.1 Å². The SMILES string of the molecule is COc1ccc(NC(=O)CSc2ncc(-c3ccccc3)n2C)c([N+](=O)[O-])c1. The molecule has 0 fully saturated rings. The van der Waals surface area contributed by atoms with E-state index >= 15 is 0 Å². The largest absolute Gasteiger partial charge is 0.496 e. The molecule has 3 aromatic rings. The standard InChI is InChI=1S/C19H18N4O4S/c1-22-17(13-6-4-3-5-7-13)11-20-19(22)28-12-18(24)21-15-9-8-14(27-2)10-16(15)23(25)26/h3-11H,12H2,1-2H3,(H,21,24). The zero-order chi connectivity index (χ0) is 20.1. The second-order valence-electron chi connectivity index (χ2n) is 5.83. The normalized spacial score (nSPS) is 10.5. The first kappa shape index (κ1) is 19.4. The molecule has 0 spiro atoms. The Morgan fingerprint density at radius 2 is 2.04 bits per heavy atom. The molecule has 0 unspecified atom stereocenters. The summed E-state index contributed by atoms with van der Waals surface area (Å²) in [5.74, 6) is 0.0606. The molecule has 0 radical (unpaired) electrons. The number of nitro benzene ring substituents is 1. The number of carbonyl (C=O) groups excluding carboxylic acids is 1. The molecule has 0 aliphatic rings. The molecule has 0 saturated heterocycles. The van der Waals surface area contributed by atoms with Gasteiger partial charge in [0.15, 0.2) is 5.16 Å². The third kappa shape index (κ3) is 4.32. The summed E-state index contributed by atoms with van der Waals surface area (Å²) in [4.78, 5) is 27.3. The summed E-state index contributed by atoms with van der Waals surface area (Å²) in [6.07, 6.45) is 1.75. The van der Waals surface area contributed by atoms with Gasteiger partial charge in [-0.05, 0) is 17.7 Å². The number of carbonyl (C=O) groups is 1. The minimum atomic E-state index is -0.559. The third-order valence-electron chi connectivity index (χ3n) is 4.02. The van der Waals surface area contributed by atoms with E-state index in [4.69, 9.17) is 4.74 Å². The molecule has 1 aromatic heterocycles. The van der Waals surface area contributed by atoms with E-state index < -0.39 is 4.92 Å². The maximum atomic E-state index is 12.3. The van der Waals surface area contributed by atoms with Crippen molar-refractivity contribution in [2.75, 3.05) is 18.2 Å². The predicted molar refractivity (Wildman–Crippen MR) is 108 cm³/mol. The van der Waals surface area contributed by atoms with Crippen molar-refractivity contribution in [2.24, 2.45) is 7.05 Å². The van der Waals surface area contributed by atoms with Crippen LogP contribution in [0.5, 0.6) is 5.75 Å². The molecular formula is C19H18N4O4S. The Morgan fingerprint density at radius 1 is 1.29 bits per heavy atom. The van der Waals surface area contributed by atoms with Gasteiger partial charge in [-0.15, -0.1) is 0 Å². The van der Waals surface area contributed by atoms with Crippen LogP contribution >= 0.6 is 11.8 Å². The Balaban J connectivity index is 1.67. The van der Waals surface area contributed by atoms with Gasteiger partial charge in [0.2, 0.25) is 5.91 Å². The number of nitrogens with zero attached hydrogens (tertiary/aromatic N) is 3. The third-order valence-corrected chi connectivity index (χ3v) is 5.07. The first-order valence-electron chi connectivity index (χ1n) is 8.32. The van der Waals surface area contributed by atoms with Crippen molar-refractivity contribution in [2.45, 2.75) is 5.16 Å². The fraction of sp³-hybridized carbons (Fsp3) is 0.158. The molecule has 1 heterocycles. The maximum absolute atomic E-state index is 12.3. The van der Waals surface area contributed by atoms with Gasteiger partial charge in [-0.1, -0.05) is 42.1 Å². The van der Waals surface area contributed by atoms with Gasteiger partial charge in [-0.25, -0.2) is 4.98 Å². The molecule has 0 aliphatic heterocycles. The van der Waals surface area contributed by atoms with E-state index in [9.17, 15) is 14.9 Å². The Morgan fingerprint density at radius 3 is 2.71 bits per heavy atom. The summed E-state index contributed by atoms with van der Waals surface area (Å²) in [5, 5.41) is 14.5. The number of hydrogen-bond donors (Lipinski definition) is 1. The number of ether oxygens (including phenoxy) is 1. The highest BCUT2D eigenvalue weighted by Crippen LogP contribution is 2.29. The molecule has 144 valence electrons. The number of nitro groups is 1. The monoisotopic (exact) mass is 398 g/mol. The summed E-state index contributed by atoms with van der Waals surface area (Å²) >= 11 is 1.26. The lowest BCUT2D eigenvalue weighted by Crippen LogP contribution is -2.15. The first-order valence-corrected chi connectivity index (χ1v) is 9.30. The lowest BCUT2D eigenvalue weighted by Gasteiger charge is -2.08. The van der Waals surface area contributed by atoms with E-state index in [0.717, 1.165) is 11.3 Å². The molecular weight excluding hydrogens is 380 g/mol. The minimum absolute atomic E-state index is 0.0717. The van der Waals surface area contributed by atoms with Gasteiger partial charge in [0.05, 0.1) is 35.7 Å². The van der Waals surface area contributed by atoms with Crippen molar-refractivity contribution in [3.05, 3.63) is 64.8 Å². The fourth-order valence-electron chi connectivity index (χ4n) is 2.62. The van der Waals surface area contributed by atoms with Gasteiger partial charge in [-0.3, -0.25) is 14.9 Å². The molecule has 1 N–H and O–H groups in total. The molecule has 0 atom stereocenters. The Labute approximate surface area is 165 Å². The van der Waals surface area contributed by atoms with Crippen molar-refractivity contribution in [3.8, 4) is 17.0 Å². The van der Waals surface area contributed by atoms with Crippen LogP contribution in [0.25, 0.3) is 11.3 Å². The van der Waals surface area contributed by atoms with Gasteiger partial charge >= 0.3 is 0 Å². The number of anilines is 1. The van der Waals surface area contributed by atoms with Crippen molar-refractivity contribution < 1.29 is 14.5 Å². The number of imidazole rings is 1. The van der Waals surface area contributed by atoms with E-state index in [1.165, 1.54) is 31.0 Å². The molecule has 2 aromatic carbocycles. The second-order valence-corrected chi connectivity index (χ2v) is 6.77. The summed E-state index contributed by atoms with van der Waals surface area (Å²) in [5.41, 5.74) is 1.87. The van der Waals surface area contributed by atoms with Crippen molar-refractivity contribution in [1.29, 1.82) is 0 Å². The zero-order valence-electron chi connectivity index (χ0n) is 15.3. The highest BCUT2D eigenvalue weighted by atomic mass is 32.2. The Hall–Kier alpha value is -3.33. The van der Waals surface area contributed by atoms with E-state index in [1.807, 2.05) is 41.9 Å². The summed E-state index contributed by atoms with van der Waals surface area (Å²) in [6.45, 7) is 0. The van der Waals surface area contributed by atoms with Gasteiger partial charge in [0.25, 0.3) is 5.69 Å². The van der Waals surface area contributed by atoms with E-state index in [2.05, 4.69) is 10.3 Å². The number of methoxy groups -OCH3 is 1. The highest BCUT2D eigenvalue weighted by molar-refractivity contribution is 7.99. The number of aromatic nitrogens is 2. The Bertz CT molecular complexity index is 1000. The molecule has 3 rings (SSSR count). The molecule has 8 nitrogen and oxygen atoms in total. The second kappa shape index (κ2) is 8.57. The maximum Gasteiger partial charge on any atom is 0.296 e. The lowest BCUT2D eigenvalue weighted by atomic mass is 10.2. The van der Waals surface area contributed by atoms with Crippen LogP contribution in [-0.4, -0.2) is 33.2 Å². The number of benzene rings is 2. The zero-order valence-corrected chi connectivity index (χ0v) is 16.1. The topological polar surface area (TPSA) is 99.3 Å². The van der Waals surface area contributed by atoms with Gasteiger partial charge in [0, 0.05) is 7.05 Å². The van der Waals surface area contributed by atoms with Gasteiger partial charge < -0.3 is 14.6 Å². The van der Waals surface area contributed by atoms with Crippen LogP contribution < -0.4 is 10.1 Å². The number of rotatable bonds is 7. The number of nitrogens with one attached hydrogen (secondary N) is 1. The van der Waals surface area contributed by atoms with Gasteiger partial charge in [0.1, 0.15) is 11.4 Å². The smallest absolute Gasteiger partial charge is 0.296 e. The minimum Gasteiger partial charge on any atom is -0.496 e. The summed E-state index contributed by atoms with van der Waals surface area (Å²) in [6, 6.07) is 14.1. The lowest BCUT2D eigenvalue weighted by molar-refractivity contribution is -0.384. The molecule has 0 aliphatic carbocycles. The van der Waals surface area contributed by atoms with Crippen molar-refractivity contribution >= 4 is 29.0 Å². The van der Waals surface area contributed by atoms with Crippen molar-refractivity contribution in [3.63, 3.8) is 0 Å². The molecule has 9 heteroatoms. The van der Waals surface area contributed by atoms with Crippen LogP contribution in [0.4, 0.5) is 11.4 Å². The average Bonchev–Trinajstić information content (AvgIpc) is 3.07. The molecule has 1 amide bonds. The average molecular weight is 398 g/mol. The van der Waals surface area contributed by atoms with Crippen molar-refractivity contribution in [1.82, 2.24) is 9.55 Å². The quantitative estimate of drug-likeness (QED) is 0.370. The summed E-state index contributed by atoms with van der Waals surface area (Å²) in [7, 11) is 3.30. The Kier molecular flexibility index (Phi) is 5.95. The predicted octanol–water partition coefficient (Wildman–Crippen LogP) is 3.73. The van der Waals surface area contributed by atoms with Gasteiger partial charge in [-0.2, -0.15) is 0 Å². The molecule has 0 bridgehead atoms. The first-order chi connectivity index (χ1) is 13.5. The number of hydrogen-bond acceptors (Lipinski definition) is 6. The van der Waals surface area contributed by atoms with Crippen LogP contribution in [0.3, 0.4) is 0 Å². The van der Waals surface area contributed by atoms with Crippen LogP contribution in [0.2, 0.25) is 0 Å². The van der Waals surface area contributed by atoms with Crippen LogP contribution in [0.15, 0.2) is 59.9 Å². The summed E-state index contributed by atoms with van der Waals surface area (Å²) < 4.78 is 6.90. The number of amides is 1. The fourth-order valence-corrected chi connectivity index (χ4v) is 3.37. The van der Waals surface area contributed by atoms with E-state index in [0.29, 0.717) is 10.9 Å². The molecule has 0 saturated carbocycles. The number of thioether (sulfide) groups is 1. The van der Waals surface area contributed by atoms with E-state index in [1.54, 1.807) is 12.3 Å². The van der Waals surface area contributed by atoms with Crippen LogP contribution in [-0.2, 0) is 11.8 Å². The molecule has 28 heavy (non-hydrogen) atoms. The van der Waals surface area contributed by atoms with Crippen LogP contribution in [0.1, 0.15) is 0 Å². The van der Waals surface area contributed by atoms with E-state index in [-0.39, 0.29) is 23.0 Å².